The van der Waals surface area contributed by atoms with Crippen LogP contribution in [0, 0.1) is 11.3 Å². The molecule has 0 aliphatic heterocycles. The predicted molar refractivity (Wildman–Crippen MR) is 64.0 cm³/mol. The van der Waals surface area contributed by atoms with Gasteiger partial charge in [0.1, 0.15) is 6.07 Å². The number of nitrogens with one attached hydrogen (secondary N) is 1. The van der Waals surface area contributed by atoms with Crippen molar-refractivity contribution in [2.45, 2.75) is 6.04 Å². The van der Waals surface area contributed by atoms with Gasteiger partial charge in [-0.05, 0) is 0 Å². The average molecular weight is 258 g/mol. The summed E-state index contributed by atoms with van der Waals surface area (Å²) in [5.41, 5.74) is 0.502. The van der Waals surface area contributed by atoms with E-state index in [0.717, 1.165) is 0 Å². The maximum atomic E-state index is 11.3. The van der Waals surface area contributed by atoms with Crippen molar-refractivity contribution in [2.24, 2.45) is 7.05 Å². The number of nitriles is 1. The Balaban J connectivity index is 2.32. The van der Waals surface area contributed by atoms with Crippen LogP contribution in [0.4, 0.5) is 5.82 Å². The van der Waals surface area contributed by atoms with Crippen molar-refractivity contribution in [3.8, 4) is 6.07 Å². The molecule has 0 aliphatic carbocycles. The highest BCUT2D eigenvalue weighted by Crippen LogP contribution is 2.19. The Hall–Kier alpha value is -2.95. The molecule has 96 valence electrons. The fourth-order valence-corrected chi connectivity index (χ4v) is 1.54. The minimum Gasteiger partial charge on any atom is -0.479 e. The van der Waals surface area contributed by atoms with Gasteiger partial charge in [0, 0.05) is 31.2 Å². The lowest BCUT2D eigenvalue weighted by molar-refractivity contribution is -0.138. The van der Waals surface area contributed by atoms with Crippen molar-refractivity contribution in [3.63, 3.8) is 0 Å². The van der Waals surface area contributed by atoms with Crippen LogP contribution in [0.5, 0.6) is 0 Å². The molecule has 2 N–H and O–H groups in total. The summed E-state index contributed by atoms with van der Waals surface area (Å²) in [6.07, 6.45) is 5.76. The summed E-state index contributed by atoms with van der Waals surface area (Å²) in [5, 5.41) is 24.7. The molecule has 8 nitrogen and oxygen atoms in total. The first-order valence-electron chi connectivity index (χ1n) is 5.31. The molecule has 0 saturated carbocycles. The Morgan fingerprint density at radius 2 is 2.26 bits per heavy atom. The zero-order chi connectivity index (χ0) is 13.8. The molecule has 0 spiro atoms. The number of nitrogens with zero attached hydrogens (tertiary/aromatic N) is 5. The van der Waals surface area contributed by atoms with Gasteiger partial charge in [-0.1, -0.05) is 0 Å². The number of carboxylic acid groups (broad SMARTS) is 1. The van der Waals surface area contributed by atoms with Gasteiger partial charge in [0.25, 0.3) is 0 Å². The van der Waals surface area contributed by atoms with Crippen molar-refractivity contribution in [2.75, 3.05) is 5.32 Å². The van der Waals surface area contributed by atoms with Crippen LogP contribution in [0.15, 0.2) is 24.8 Å². The maximum Gasteiger partial charge on any atom is 0.330 e. The first kappa shape index (κ1) is 12.5. The van der Waals surface area contributed by atoms with Crippen LogP contribution in [0.1, 0.15) is 17.3 Å². The molecular formula is C11H10N6O2. The third-order valence-corrected chi connectivity index (χ3v) is 2.39. The van der Waals surface area contributed by atoms with Gasteiger partial charge < -0.3 is 10.4 Å². The minimum atomic E-state index is -1.09. The molecule has 2 aromatic heterocycles. The SMILES string of the molecule is Cn1cc(C(Nc2nccnc2C#N)C(=O)O)cn1. The van der Waals surface area contributed by atoms with Crippen LogP contribution in [-0.2, 0) is 11.8 Å². The van der Waals surface area contributed by atoms with Crippen LogP contribution in [0.2, 0.25) is 0 Å². The highest BCUT2D eigenvalue weighted by molar-refractivity contribution is 5.79. The van der Waals surface area contributed by atoms with Crippen LogP contribution < -0.4 is 5.32 Å². The summed E-state index contributed by atoms with van der Waals surface area (Å²) in [7, 11) is 1.69. The van der Waals surface area contributed by atoms with Crippen molar-refractivity contribution in [1.82, 2.24) is 19.7 Å². The van der Waals surface area contributed by atoms with E-state index in [-0.39, 0.29) is 11.5 Å². The predicted octanol–water partition coefficient (Wildman–Crippen LogP) is 0.320. The molecule has 2 rings (SSSR count). The molecule has 0 amide bonds. The first-order chi connectivity index (χ1) is 9.11. The number of rotatable bonds is 4. The molecule has 0 aliphatic rings. The molecule has 1 atom stereocenters. The van der Waals surface area contributed by atoms with Gasteiger partial charge >= 0.3 is 5.97 Å². The summed E-state index contributed by atoms with van der Waals surface area (Å²) in [4.78, 5) is 19.0. The fourth-order valence-electron chi connectivity index (χ4n) is 1.54. The van der Waals surface area contributed by atoms with Crippen molar-refractivity contribution in [1.29, 1.82) is 5.26 Å². The second-order valence-corrected chi connectivity index (χ2v) is 3.73. The van der Waals surface area contributed by atoms with E-state index in [2.05, 4.69) is 20.4 Å². The number of carbonyl (C=O) groups is 1. The number of aliphatic carboxylic acids is 1. The molecule has 19 heavy (non-hydrogen) atoms. The van der Waals surface area contributed by atoms with Crippen LogP contribution in [0.3, 0.4) is 0 Å². The van der Waals surface area contributed by atoms with E-state index >= 15 is 0 Å². The van der Waals surface area contributed by atoms with Gasteiger partial charge in [-0.3, -0.25) is 4.68 Å². The quantitative estimate of drug-likeness (QED) is 0.810. The van der Waals surface area contributed by atoms with E-state index in [0.29, 0.717) is 5.56 Å². The van der Waals surface area contributed by atoms with E-state index in [9.17, 15) is 9.90 Å². The monoisotopic (exact) mass is 258 g/mol. The molecule has 0 aromatic carbocycles. The summed E-state index contributed by atoms with van der Waals surface area (Å²) in [6.45, 7) is 0. The van der Waals surface area contributed by atoms with Crippen molar-refractivity contribution in [3.05, 3.63) is 36.0 Å². The molecule has 2 heterocycles. The third-order valence-electron chi connectivity index (χ3n) is 2.39. The van der Waals surface area contributed by atoms with Gasteiger partial charge in [0.2, 0.25) is 0 Å². The zero-order valence-electron chi connectivity index (χ0n) is 9.98. The van der Waals surface area contributed by atoms with E-state index < -0.39 is 12.0 Å². The van der Waals surface area contributed by atoms with Gasteiger partial charge in [0.05, 0.1) is 6.20 Å². The Kier molecular flexibility index (Phi) is 3.38. The van der Waals surface area contributed by atoms with Crippen LogP contribution in [0.25, 0.3) is 0 Å². The summed E-state index contributed by atoms with van der Waals surface area (Å²) < 4.78 is 1.49. The van der Waals surface area contributed by atoms with Gasteiger partial charge in [-0.25, -0.2) is 14.8 Å². The largest absolute Gasteiger partial charge is 0.479 e. The van der Waals surface area contributed by atoms with E-state index in [4.69, 9.17) is 5.26 Å². The van der Waals surface area contributed by atoms with Crippen LogP contribution in [-0.4, -0.2) is 30.8 Å². The Bertz CT molecular complexity index is 645. The topological polar surface area (TPSA) is 117 Å². The molecule has 1 unspecified atom stereocenters. The Labute approximate surface area is 108 Å². The normalized spacial score (nSPS) is 11.6. The molecule has 8 heteroatoms. The highest BCUT2D eigenvalue weighted by atomic mass is 16.4. The highest BCUT2D eigenvalue weighted by Gasteiger charge is 2.23. The number of aryl methyl sites for hydroxylation is 1. The minimum absolute atomic E-state index is 0.0395. The lowest BCUT2D eigenvalue weighted by atomic mass is 10.1. The Morgan fingerprint density at radius 1 is 1.53 bits per heavy atom. The molecule has 0 saturated heterocycles. The van der Waals surface area contributed by atoms with E-state index in [1.54, 1.807) is 13.2 Å². The van der Waals surface area contributed by atoms with Crippen molar-refractivity contribution >= 4 is 11.8 Å². The zero-order valence-corrected chi connectivity index (χ0v) is 9.98. The summed E-state index contributed by atoms with van der Waals surface area (Å²) in [5.74, 6) is -0.969. The number of aromatic nitrogens is 4. The van der Waals surface area contributed by atoms with Gasteiger partial charge in [0.15, 0.2) is 17.6 Å². The molecular weight excluding hydrogens is 248 g/mol. The number of carboxylic acids is 1. The number of hydrogen-bond acceptors (Lipinski definition) is 6. The Morgan fingerprint density at radius 3 is 2.84 bits per heavy atom. The van der Waals surface area contributed by atoms with E-state index in [1.165, 1.54) is 23.3 Å². The maximum absolute atomic E-state index is 11.3. The summed E-state index contributed by atoms with van der Waals surface area (Å²) >= 11 is 0. The fraction of sp³-hybridized carbons (Fsp3) is 0.182. The number of anilines is 1. The third kappa shape index (κ3) is 2.66. The standard InChI is InChI=1S/C11H10N6O2/c1-17-6-7(5-15-17)9(11(18)19)16-10-8(4-12)13-2-3-14-10/h2-3,5-6,9H,1H3,(H,14,16)(H,18,19). The lowest BCUT2D eigenvalue weighted by Crippen LogP contribution is -2.21. The second kappa shape index (κ2) is 5.14. The smallest absolute Gasteiger partial charge is 0.330 e. The lowest BCUT2D eigenvalue weighted by Gasteiger charge is -2.13. The molecule has 0 radical (unpaired) electrons. The average Bonchev–Trinajstić information content (AvgIpc) is 2.82. The van der Waals surface area contributed by atoms with Gasteiger partial charge in [-0.15, -0.1) is 0 Å². The van der Waals surface area contributed by atoms with Crippen molar-refractivity contribution < 1.29 is 9.90 Å². The summed E-state index contributed by atoms with van der Waals surface area (Å²) in [6, 6.07) is 0.803. The second-order valence-electron chi connectivity index (χ2n) is 3.73. The number of hydrogen-bond donors (Lipinski definition) is 2. The first-order valence-corrected chi connectivity index (χ1v) is 5.31. The van der Waals surface area contributed by atoms with Gasteiger partial charge in [-0.2, -0.15) is 10.4 Å². The molecule has 0 fully saturated rings. The molecule has 0 bridgehead atoms. The van der Waals surface area contributed by atoms with E-state index in [1.807, 2.05) is 6.07 Å². The van der Waals surface area contributed by atoms with Crippen LogP contribution >= 0.6 is 0 Å². The molecule has 2 aromatic rings.